The number of amides is 1. The Morgan fingerprint density at radius 3 is 2.65 bits per heavy atom. The molecule has 1 unspecified atom stereocenters. The van der Waals surface area contributed by atoms with Gasteiger partial charge < -0.3 is 20.1 Å². The predicted octanol–water partition coefficient (Wildman–Crippen LogP) is 3.15. The van der Waals surface area contributed by atoms with Crippen LogP contribution in [0.5, 0.6) is 0 Å². The lowest BCUT2D eigenvalue weighted by atomic mass is 9.97. The van der Waals surface area contributed by atoms with Crippen LogP contribution < -0.4 is 10.6 Å². The Morgan fingerprint density at radius 1 is 1.26 bits per heavy atom. The highest BCUT2D eigenvalue weighted by molar-refractivity contribution is 5.68. The summed E-state index contributed by atoms with van der Waals surface area (Å²) >= 11 is 0. The van der Waals surface area contributed by atoms with Gasteiger partial charge in [-0.3, -0.25) is 0 Å². The minimum Gasteiger partial charge on any atom is -0.444 e. The predicted molar refractivity (Wildman–Crippen MR) is 90.3 cm³/mol. The zero-order valence-electron chi connectivity index (χ0n) is 14.7. The SMILES string of the molecule is CC(C)(CNC1COCc2ccccc21)NC(=O)OC(C)(C)C. The lowest BCUT2D eigenvalue weighted by molar-refractivity contribution is 0.0461. The van der Waals surface area contributed by atoms with E-state index in [1.54, 1.807) is 0 Å². The summed E-state index contributed by atoms with van der Waals surface area (Å²) in [6.07, 6.45) is -0.399. The number of carbonyl (C=O) groups excluding carboxylic acids is 1. The lowest BCUT2D eigenvalue weighted by Gasteiger charge is -2.32. The molecule has 2 rings (SSSR count). The molecule has 0 bridgehead atoms. The van der Waals surface area contributed by atoms with Gasteiger partial charge in [0, 0.05) is 6.54 Å². The maximum absolute atomic E-state index is 11.9. The molecule has 5 nitrogen and oxygen atoms in total. The van der Waals surface area contributed by atoms with Crippen LogP contribution >= 0.6 is 0 Å². The summed E-state index contributed by atoms with van der Waals surface area (Å²) in [4.78, 5) is 11.9. The van der Waals surface area contributed by atoms with E-state index in [0.717, 1.165) is 0 Å². The Kier molecular flexibility index (Phi) is 5.32. The first-order valence-corrected chi connectivity index (χ1v) is 8.06. The second kappa shape index (κ2) is 6.89. The molecular formula is C18H28N2O3. The van der Waals surface area contributed by atoms with Gasteiger partial charge >= 0.3 is 6.09 Å². The van der Waals surface area contributed by atoms with E-state index < -0.39 is 17.2 Å². The van der Waals surface area contributed by atoms with Crippen LogP contribution in [0.15, 0.2) is 24.3 Å². The van der Waals surface area contributed by atoms with Crippen molar-refractivity contribution in [2.45, 2.75) is 58.4 Å². The quantitative estimate of drug-likeness (QED) is 0.895. The van der Waals surface area contributed by atoms with Crippen molar-refractivity contribution in [3.8, 4) is 0 Å². The smallest absolute Gasteiger partial charge is 0.408 e. The first kappa shape index (κ1) is 17.8. The molecule has 1 atom stereocenters. The zero-order valence-corrected chi connectivity index (χ0v) is 14.7. The van der Waals surface area contributed by atoms with E-state index in [9.17, 15) is 4.79 Å². The number of ether oxygens (including phenoxy) is 2. The summed E-state index contributed by atoms with van der Waals surface area (Å²) < 4.78 is 11.0. The van der Waals surface area contributed by atoms with Crippen molar-refractivity contribution < 1.29 is 14.3 Å². The number of hydrogen-bond acceptors (Lipinski definition) is 4. The molecule has 0 fully saturated rings. The van der Waals surface area contributed by atoms with Crippen molar-refractivity contribution in [3.05, 3.63) is 35.4 Å². The maximum atomic E-state index is 11.9. The van der Waals surface area contributed by atoms with E-state index in [1.165, 1.54) is 11.1 Å². The van der Waals surface area contributed by atoms with Crippen molar-refractivity contribution in [2.75, 3.05) is 13.2 Å². The van der Waals surface area contributed by atoms with Crippen molar-refractivity contribution in [1.82, 2.24) is 10.6 Å². The van der Waals surface area contributed by atoms with Crippen molar-refractivity contribution in [3.63, 3.8) is 0 Å². The Hall–Kier alpha value is -1.59. The summed E-state index contributed by atoms with van der Waals surface area (Å²) in [5.41, 5.74) is 1.57. The van der Waals surface area contributed by atoms with Gasteiger partial charge in [0.25, 0.3) is 0 Å². The number of nitrogens with one attached hydrogen (secondary N) is 2. The van der Waals surface area contributed by atoms with Crippen LogP contribution in [-0.2, 0) is 16.1 Å². The fraction of sp³-hybridized carbons (Fsp3) is 0.611. The monoisotopic (exact) mass is 320 g/mol. The van der Waals surface area contributed by atoms with Crippen LogP contribution in [0.4, 0.5) is 4.79 Å². The van der Waals surface area contributed by atoms with Crippen LogP contribution in [0.25, 0.3) is 0 Å². The number of hydrogen-bond donors (Lipinski definition) is 2. The second-order valence-corrected chi connectivity index (χ2v) is 7.66. The Bertz CT molecular complexity index is 549. The molecule has 0 aliphatic carbocycles. The van der Waals surface area contributed by atoms with Crippen LogP contribution in [0.1, 0.15) is 51.8 Å². The molecule has 1 amide bonds. The average Bonchev–Trinajstić information content (AvgIpc) is 2.42. The van der Waals surface area contributed by atoms with E-state index in [0.29, 0.717) is 19.8 Å². The zero-order chi connectivity index (χ0) is 17.1. The highest BCUT2D eigenvalue weighted by atomic mass is 16.6. The molecule has 23 heavy (non-hydrogen) atoms. The fourth-order valence-electron chi connectivity index (χ4n) is 2.55. The summed E-state index contributed by atoms with van der Waals surface area (Å²) in [7, 11) is 0. The first-order valence-electron chi connectivity index (χ1n) is 8.06. The summed E-state index contributed by atoms with van der Waals surface area (Å²) in [5, 5.41) is 6.40. The standard InChI is InChI=1S/C18H28N2O3/c1-17(2,3)23-16(21)20-18(4,5)12-19-15-11-22-10-13-8-6-7-9-14(13)15/h6-9,15,19H,10-12H2,1-5H3,(H,20,21). The van der Waals surface area contributed by atoms with Gasteiger partial charge in [-0.25, -0.2) is 4.79 Å². The molecule has 1 heterocycles. The van der Waals surface area contributed by atoms with Gasteiger partial charge in [0.15, 0.2) is 0 Å². The Labute approximate surface area is 138 Å². The van der Waals surface area contributed by atoms with Gasteiger partial charge in [0.05, 0.1) is 24.8 Å². The van der Waals surface area contributed by atoms with E-state index in [4.69, 9.17) is 9.47 Å². The molecule has 2 N–H and O–H groups in total. The lowest BCUT2D eigenvalue weighted by Crippen LogP contribution is -2.52. The molecule has 0 saturated carbocycles. The minimum atomic E-state index is -0.496. The number of carbonyl (C=O) groups is 1. The minimum absolute atomic E-state index is 0.139. The van der Waals surface area contributed by atoms with Gasteiger partial charge in [-0.2, -0.15) is 0 Å². The topological polar surface area (TPSA) is 59.6 Å². The maximum Gasteiger partial charge on any atom is 0.408 e. The number of alkyl carbamates (subject to hydrolysis) is 1. The van der Waals surface area contributed by atoms with Gasteiger partial charge in [-0.05, 0) is 45.7 Å². The number of fused-ring (bicyclic) bond motifs is 1. The van der Waals surface area contributed by atoms with E-state index in [2.05, 4.69) is 22.8 Å². The average molecular weight is 320 g/mol. The Balaban J connectivity index is 1.91. The largest absolute Gasteiger partial charge is 0.444 e. The summed E-state index contributed by atoms with van der Waals surface area (Å²) in [6.45, 7) is 11.4. The Morgan fingerprint density at radius 2 is 1.96 bits per heavy atom. The van der Waals surface area contributed by atoms with Gasteiger partial charge in [-0.1, -0.05) is 24.3 Å². The molecule has 0 saturated heterocycles. The van der Waals surface area contributed by atoms with Crippen molar-refractivity contribution >= 4 is 6.09 Å². The van der Waals surface area contributed by atoms with E-state index in [1.807, 2.05) is 46.8 Å². The third-order valence-corrected chi connectivity index (χ3v) is 3.60. The van der Waals surface area contributed by atoms with Crippen LogP contribution in [-0.4, -0.2) is 30.4 Å². The first-order chi connectivity index (χ1) is 10.7. The van der Waals surface area contributed by atoms with Crippen LogP contribution in [0.3, 0.4) is 0 Å². The third-order valence-electron chi connectivity index (χ3n) is 3.60. The molecule has 128 valence electrons. The molecule has 5 heteroatoms. The second-order valence-electron chi connectivity index (χ2n) is 7.66. The molecular weight excluding hydrogens is 292 g/mol. The summed E-state index contributed by atoms with van der Waals surface area (Å²) in [6, 6.07) is 8.43. The fourth-order valence-corrected chi connectivity index (χ4v) is 2.55. The highest BCUT2D eigenvalue weighted by Gasteiger charge is 2.27. The van der Waals surface area contributed by atoms with Crippen LogP contribution in [0, 0.1) is 0 Å². The third kappa shape index (κ3) is 5.52. The molecule has 1 aromatic rings. The van der Waals surface area contributed by atoms with Gasteiger partial charge in [-0.15, -0.1) is 0 Å². The van der Waals surface area contributed by atoms with Crippen molar-refractivity contribution in [2.24, 2.45) is 0 Å². The van der Waals surface area contributed by atoms with Gasteiger partial charge in [0.2, 0.25) is 0 Å². The number of rotatable bonds is 4. The molecule has 0 radical (unpaired) electrons. The van der Waals surface area contributed by atoms with Crippen molar-refractivity contribution in [1.29, 1.82) is 0 Å². The molecule has 1 aliphatic rings. The van der Waals surface area contributed by atoms with E-state index >= 15 is 0 Å². The molecule has 1 aliphatic heterocycles. The molecule has 0 spiro atoms. The number of benzene rings is 1. The normalized spacial score (nSPS) is 18.2. The van der Waals surface area contributed by atoms with E-state index in [-0.39, 0.29) is 6.04 Å². The molecule has 1 aromatic carbocycles. The molecule has 0 aromatic heterocycles. The summed E-state index contributed by atoms with van der Waals surface area (Å²) in [5.74, 6) is 0. The van der Waals surface area contributed by atoms with Gasteiger partial charge in [0.1, 0.15) is 5.60 Å². The highest BCUT2D eigenvalue weighted by Crippen LogP contribution is 2.24. The van der Waals surface area contributed by atoms with Crippen LogP contribution in [0.2, 0.25) is 0 Å².